The van der Waals surface area contributed by atoms with E-state index in [9.17, 15) is 9.18 Å². The van der Waals surface area contributed by atoms with E-state index in [4.69, 9.17) is 0 Å². The fourth-order valence-electron chi connectivity index (χ4n) is 1.62. The molecule has 3 nitrogen and oxygen atoms in total. The summed E-state index contributed by atoms with van der Waals surface area (Å²) in [6.07, 6.45) is 0. The van der Waals surface area contributed by atoms with Gasteiger partial charge < -0.3 is 10.2 Å². The van der Waals surface area contributed by atoms with Crippen LogP contribution in [0, 0.1) is 5.82 Å². The smallest absolute Gasteiger partial charge is 0.242 e. The maximum atomic E-state index is 13.6. The van der Waals surface area contributed by atoms with Crippen LogP contribution in [0.1, 0.15) is 13.8 Å². The highest BCUT2D eigenvalue weighted by Gasteiger charge is 2.12. The molecular weight excluding hydrogens is 311 g/mol. The molecule has 0 aliphatic rings. The van der Waals surface area contributed by atoms with Crippen LogP contribution in [0.3, 0.4) is 0 Å². The molecule has 104 valence electrons. The third kappa shape index (κ3) is 5.03. The molecule has 1 rings (SSSR count). The molecule has 1 amide bonds. The molecule has 0 saturated carbocycles. The number of hydrogen-bond donors (Lipinski definition) is 1. The van der Waals surface area contributed by atoms with E-state index in [2.05, 4.69) is 27.8 Å². The molecule has 0 aromatic heterocycles. The summed E-state index contributed by atoms with van der Waals surface area (Å²) in [6.45, 7) is 8.77. The number of likely N-dealkylation sites (N-methyl/N-ethyl adjacent to an activating group) is 1. The average molecular weight is 329 g/mol. The van der Waals surface area contributed by atoms with Crippen molar-refractivity contribution in [3.8, 4) is 0 Å². The lowest BCUT2D eigenvalue weighted by molar-refractivity contribution is -0.128. The van der Waals surface area contributed by atoms with Crippen LogP contribution in [0.2, 0.25) is 0 Å². The predicted molar refractivity (Wildman–Crippen MR) is 79.7 cm³/mol. The maximum absolute atomic E-state index is 13.6. The van der Waals surface area contributed by atoms with E-state index in [1.807, 2.05) is 13.8 Å². The van der Waals surface area contributed by atoms with Crippen LogP contribution in [0.15, 0.2) is 34.8 Å². The lowest BCUT2D eigenvalue weighted by atomic mass is 10.3. The van der Waals surface area contributed by atoms with Gasteiger partial charge in [0.15, 0.2) is 0 Å². The van der Waals surface area contributed by atoms with E-state index in [0.717, 1.165) is 5.57 Å². The Hall–Kier alpha value is -1.36. The minimum absolute atomic E-state index is 0.0691. The summed E-state index contributed by atoms with van der Waals surface area (Å²) in [5.74, 6) is -0.460. The number of benzene rings is 1. The summed E-state index contributed by atoms with van der Waals surface area (Å²) in [6, 6.07) is 4.68. The number of nitrogens with one attached hydrogen (secondary N) is 1. The number of carbonyl (C=O) groups excluding carboxylic acids is 1. The number of rotatable bonds is 6. The van der Waals surface area contributed by atoms with Crippen LogP contribution in [0.25, 0.3) is 0 Å². The summed E-state index contributed by atoms with van der Waals surface area (Å²) < 4.78 is 14.2. The largest absolute Gasteiger partial charge is 0.374 e. The van der Waals surface area contributed by atoms with Gasteiger partial charge in [-0.1, -0.05) is 28.1 Å². The van der Waals surface area contributed by atoms with E-state index in [1.165, 1.54) is 6.07 Å². The Morgan fingerprint density at radius 2 is 2.21 bits per heavy atom. The first kappa shape index (κ1) is 15.7. The quantitative estimate of drug-likeness (QED) is 0.811. The number of hydrogen-bond acceptors (Lipinski definition) is 2. The molecule has 0 heterocycles. The van der Waals surface area contributed by atoms with Gasteiger partial charge in [-0.3, -0.25) is 4.79 Å². The zero-order chi connectivity index (χ0) is 14.4. The topological polar surface area (TPSA) is 32.3 Å². The Morgan fingerprint density at radius 3 is 2.74 bits per heavy atom. The average Bonchev–Trinajstić information content (AvgIpc) is 2.34. The molecule has 0 bridgehead atoms. The van der Waals surface area contributed by atoms with E-state index >= 15 is 0 Å². The molecule has 5 heteroatoms. The minimum Gasteiger partial charge on any atom is -0.374 e. The lowest BCUT2D eigenvalue weighted by Crippen LogP contribution is -2.36. The van der Waals surface area contributed by atoms with Gasteiger partial charge in [0.2, 0.25) is 5.91 Å². The van der Waals surface area contributed by atoms with Gasteiger partial charge in [0, 0.05) is 17.6 Å². The number of nitrogens with zero attached hydrogens (tertiary/aromatic N) is 1. The van der Waals surface area contributed by atoms with Gasteiger partial charge in [-0.25, -0.2) is 4.39 Å². The van der Waals surface area contributed by atoms with E-state index < -0.39 is 0 Å². The second-order valence-electron chi connectivity index (χ2n) is 4.34. The third-order valence-electron chi connectivity index (χ3n) is 2.56. The van der Waals surface area contributed by atoms with Crippen LogP contribution in [0.4, 0.5) is 10.1 Å². The van der Waals surface area contributed by atoms with Crippen molar-refractivity contribution >= 4 is 27.5 Å². The third-order valence-corrected chi connectivity index (χ3v) is 3.05. The summed E-state index contributed by atoms with van der Waals surface area (Å²) in [5.41, 5.74) is 1.24. The second kappa shape index (κ2) is 7.28. The second-order valence-corrected chi connectivity index (χ2v) is 5.26. The van der Waals surface area contributed by atoms with Crippen molar-refractivity contribution in [1.82, 2.24) is 4.90 Å². The van der Waals surface area contributed by atoms with Gasteiger partial charge in [0.05, 0.1) is 12.2 Å². The van der Waals surface area contributed by atoms with Crippen LogP contribution >= 0.6 is 15.9 Å². The monoisotopic (exact) mass is 328 g/mol. The Balaban J connectivity index is 2.60. The van der Waals surface area contributed by atoms with E-state index in [0.29, 0.717) is 23.2 Å². The Morgan fingerprint density at radius 1 is 1.53 bits per heavy atom. The van der Waals surface area contributed by atoms with Crippen LogP contribution in [0.5, 0.6) is 0 Å². The van der Waals surface area contributed by atoms with Crippen LogP contribution in [-0.4, -0.2) is 30.4 Å². The highest BCUT2D eigenvalue weighted by Crippen LogP contribution is 2.19. The molecule has 0 radical (unpaired) electrons. The first-order valence-corrected chi connectivity index (χ1v) is 6.84. The molecule has 1 aromatic rings. The zero-order valence-corrected chi connectivity index (χ0v) is 12.8. The minimum atomic E-state index is -0.384. The molecule has 0 atom stereocenters. The number of halogens is 2. The normalized spacial score (nSPS) is 10.1. The van der Waals surface area contributed by atoms with Crippen LogP contribution < -0.4 is 5.32 Å². The molecule has 1 aromatic carbocycles. The fraction of sp³-hybridized carbons (Fsp3) is 0.357. The molecule has 0 fully saturated rings. The van der Waals surface area contributed by atoms with Crippen molar-refractivity contribution in [1.29, 1.82) is 0 Å². The Labute approximate surface area is 121 Å². The first-order valence-electron chi connectivity index (χ1n) is 6.05. The molecule has 0 unspecified atom stereocenters. The van der Waals surface area contributed by atoms with Crippen LogP contribution in [-0.2, 0) is 4.79 Å². The molecule has 0 aliphatic heterocycles. The number of anilines is 1. The SMILES string of the molecule is C=C(C)CN(CC)C(=O)CNc1ccc(Br)cc1F. The number of amides is 1. The van der Waals surface area contributed by atoms with Crippen molar-refractivity contribution in [3.05, 3.63) is 40.6 Å². The zero-order valence-electron chi connectivity index (χ0n) is 11.2. The van der Waals surface area contributed by atoms with Crippen molar-refractivity contribution in [2.75, 3.05) is 25.0 Å². The molecule has 0 spiro atoms. The highest BCUT2D eigenvalue weighted by atomic mass is 79.9. The fourth-order valence-corrected chi connectivity index (χ4v) is 1.95. The first-order chi connectivity index (χ1) is 8.93. The lowest BCUT2D eigenvalue weighted by Gasteiger charge is -2.21. The van der Waals surface area contributed by atoms with Gasteiger partial charge in [-0.2, -0.15) is 0 Å². The molecule has 19 heavy (non-hydrogen) atoms. The molecular formula is C14H18BrFN2O. The summed E-state index contributed by atoms with van der Waals surface area (Å²) in [4.78, 5) is 13.6. The standard InChI is InChI=1S/C14H18BrFN2O/c1-4-18(9-10(2)3)14(19)8-17-13-6-5-11(15)7-12(13)16/h5-7,17H,2,4,8-9H2,1,3H3. The number of carbonyl (C=O) groups is 1. The van der Waals surface area contributed by atoms with Crippen molar-refractivity contribution < 1.29 is 9.18 Å². The summed E-state index contributed by atoms with van der Waals surface area (Å²) in [7, 11) is 0. The highest BCUT2D eigenvalue weighted by molar-refractivity contribution is 9.10. The summed E-state index contributed by atoms with van der Waals surface area (Å²) in [5, 5.41) is 2.81. The molecule has 0 aliphatic carbocycles. The van der Waals surface area contributed by atoms with Gasteiger partial charge in [0.25, 0.3) is 0 Å². The Kier molecular flexibility index (Phi) is 6.02. The molecule has 1 N–H and O–H groups in total. The summed E-state index contributed by atoms with van der Waals surface area (Å²) >= 11 is 3.19. The van der Waals surface area contributed by atoms with Gasteiger partial charge in [-0.05, 0) is 32.0 Å². The van der Waals surface area contributed by atoms with Crippen molar-refractivity contribution in [2.24, 2.45) is 0 Å². The van der Waals surface area contributed by atoms with E-state index in [1.54, 1.807) is 17.0 Å². The predicted octanol–water partition coefficient (Wildman–Crippen LogP) is 3.42. The molecule has 0 saturated heterocycles. The van der Waals surface area contributed by atoms with Gasteiger partial charge in [0.1, 0.15) is 5.82 Å². The van der Waals surface area contributed by atoms with E-state index in [-0.39, 0.29) is 18.3 Å². The Bertz CT molecular complexity index is 477. The van der Waals surface area contributed by atoms with Crippen molar-refractivity contribution in [3.63, 3.8) is 0 Å². The maximum Gasteiger partial charge on any atom is 0.242 e. The van der Waals surface area contributed by atoms with Gasteiger partial charge >= 0.3 is 0 Å². The van der Waals surface area contributed by atoms with Gasteiger partial charge in [-0.15, -0.1) is 0 Å². The van der Waals surface area contributed by atoms with Crippen molar-refractivity contribution in [2.45, 2.75) is 13.8 Å².